The number of carbonyl (C=O) groups is 1. The molecule has 10 heteroatoms. The summed E-state index contributed by atoms with van der Waals surface area (Å²) >= 11 is 0. The number of aromatic nitrogens is 4. The van der Waals surface area contributed by atoms with Crippen LogP contribution in [-0.4, -0.2) is 25.5 Å². The summed E-state index contributed by atoms with van der Waals surface area (Å²) < 4.78 is 40.8. The van der Waals surface area contributed by atoms with E-state index >= 15 is 0 Å². The normalized spacial score (nSPS) is 12.5. The lowest BCUT2D eigenvalue weighted by molar-refractivity contribution is -0.137. The summed E-state index contributed by atoms with van der Waals surface area (Å²) in [6.45, 7) is 9.20. The molecule has 1 aromatic carbocycles. The summed E-state index contributed by atoms with van der Waals surface area (Å²) in [5.74, 6) is -0.602. The maximum absolute atomic E-state index is 13.1. The van der Waals surface area contributed by atoms with E-state index in [-0.39, 0.29) is 18.2 Å². The molecule has 3 aromatic rings. The minimum absolute atomic E-state index is 0.0232. The Balaban J connectivity index is 1.94. The largest absolute Gasteiger partial charge is 0.416 e. The first kappa shape index (κ1) is 22.5. The maximum Gasteiger partial charge on any atom is 0.416 e. The topological polar surface area (TPSA) is 81.8 Å². The highest BCUT2D eigenvalue weighted by atomic mass is 19.4. The van der Waals surface area contributed by atoms with Gasteiger partial charge in [-0.15, -0.1) is 0 Å². The fraction of sp³-hybridized carbons (Fsp3) is 0.429. The van der Waals surface area contributed by atoms with E-state index in [0.717, 1.165) is 28.9 Å². The van der Waals surface area contributed by atoms with Crippen molar-refractivity contribution in [3.63, 3.8) is 0 Å². The van der Waals surface area contributed by atoms with Crippen LogP contribution < -0.4 is 10.9 Å². The second-order valence-corrected chi connectivity index (χ2v) is 8.62. The molecule has 2 aromatic heterocycles. The number of alkyl halides is 3. The van der Waals surface area contributed by atoms with Crippen LogP contribution >= 0.6 is 0 Å². The van der Waals surface area contributed by atoms with Crippen molar-refractivity contribution in [1.29, 1.82) is 0 Å². The first-order chi connectivity index (χ1) is 14.3. The molecule has 1 N–H and O–H groups in total. The third-order valence-corrected chi connectivity index (χ3v) is 4.68. The Bertz CT molecular complexity index is 1170. The molecule has 0 spiro atoms. The van der Waals surface area contributed by atoms with Gasteiger partial charge >= 0.3 is 6.18 Å². The molecule has 0 atom stereocenters. The first-order valence-corrected chi connectivity index (χ1v) is 9.75. The molecule has 0 fully saturated rings. The average molecular weight is 435 g/mol. The van der Waals surface area contributed by atoms with Gasteiger partial charge in [0.1, 0.15) is 12.1 Å². The molecular formula is C21H24F3N5O2. The summed E-state index contributed by atoms with van der Waals surface area (Å²) in [6.07, 6.45) is -2.85. The molecule has 0 aliphatic carbocycles. The van der Waals surface area contributed by atoms with Gasteiger partial charge in [0.15, 0.2) is 0 Å². The van der Waals surface area contributed by atoms with Gasteiger partial charge in [0.25, 0.3) is 5.56 Å². The molecule has 0 bridgehead atoms. The van der Waals surface area contributed by atoms with Gasteiger partial charge in [-0.1, -0.05) is 13.8 Å². The van der Waals surface area contributed by atoms with Crippen LogP contribution in [0.5, 0.6) is 0 Å². The summed E-state index contributed by atoms with van der Waals surface area (Å²) in [5.41, 5.74) is -0.561. The lowest BCUT2D eigenvalue weighted by Gasteiger charge is -2.21. The van der Waals surface area contributed by atoms with Crippen LogP contribution in [0.3, 0.4) is 0 Å². The zero-order valence-corrected chi connectivity index (χ0v) is 17.9. The van der Waals surface area contributed by atoms with Crippen molar-refractivity contribution in [1.82, 2.24) is 19.6 Å². The molecule has 1 amide bonds. The summed E-state index contributed by atoms with van der Waals surface area (Å²) in [7, 11) is 0. The number of rotatable bonds is 4. The zero-order valence-electron chi connectivity index (χ0n) is 17.9. The van der Waals surface area contributed by atoms with Crippen LogP contribution in [0.15, 0.2) is 35.3 Å². The van der Waals surface area contributed by atoms with Gasteiger partial charge in [-0.2, -0.15) is 23.4 Å². The van der Waals surface area contributed by atoms with Gasteiger partial charge in [-0.25, -0.2) is 4.68 Å². The number of fused-ring (bicyclic) bond motifs is 1. The lowest BCUT2D eigenvalue weighted by Crippen LogP contribution is -2.34. The standard InChI is InChI=1S/C21H24F3N5O2/c1-12(2)17-15-10-25-29(20(3,4)5)18(15)19(31)28(27-17)11-16(30)26-14-8-6-13(7-9-14)21(22,23)24/h6-10,12H,11H2,1-5H3,(H,26,30). The molecule has 0 aliphatic rings. The molecular weight excluding hydrogens is 411 g/mol. The molecule has 2 heterocycles. The highest BCUT2D eigenvalue weighted by molar-refractivity contribution is 5.90. The predicted molar refractivity (Wildman–Crippen MR) is 111 cm³/mol. The molecule has 0 aliphatic heterocycles. The summed E-state index contributed by atoms with van der Waals surface area (Å²) in [4.78, 5) is 25.6. The number of hydrogen-bond donors (Lipinski definition) is 1. The van der Waals surface area contributed by atoms with Gasteiger partial charge in [-0.05, 0) is 51.0 Å². The van der Waals surface area contributed by atoms with Gasteiger partial charge in [-0.3, -0.25) is 14.3 Å². The van der Waals surface area contributed by atoms with E-state index in [2.05, 4.69) is 15.5 Å². The van der Waals surface area contributed by atoms with Crippen LogP contribution in [0.25, 0.3) is 10.9 Å². The van der Waals surface area contributed by atoms with Gasteiger partial charge in [0.05, 0.1) is 23.0 Å². The lowest BCUT2D eigenvalue weighted by atomic mass is 10.1. The smallest absolute Gasteiger partial charge is 0.324 e. The van der Waals surface area contributed by atoms with Crippen molar-refractivity contribution in [2.45, 2.75) is 58.8 Å². The molecule has 3 rings (SSSR count). The quantitative estimate of drug-likeness (QED) is 0.668. The highest BCUT2D eigenvalue weighted by Crippen LogP contribution is 2.30. The summed E-state index contributed by atoms with van der Waals surface area (Å²) in [6, 6.07) is 4.08. The Morgan fingerprint density at radius 3 is 2.26 bits per heavy atom. The third-order valence-electron chi connectivity index (χ3n) is 4.68. The second-order valence-electron chi connectivity index (χ2n) is 8.62. The number of benzene rings is 1. The van der Waals surface area contributed by atoms with E-state index in [9.17, 15) is 22.8 Å². The minimum atomic E-state index is -4.46. The van der Waals surface area contributed by atoms with Crippen LogP contribution in [0.1, 0.15) is 51.8 Å². The fourth-order valence-electron chi connectivity index (χ4n) is 3.21. The first-order valence-electron chi connectivity index (χ1n) is 9.75. The zero-order chi connectivity index (χ0) is 23.1. The Labute approximate surface area is 176 Å². The Morgan fingerprint density at radius 1 is 1.13 bits per heavy atom. The predicted octanol–water partition coefficient (Wildman–Crippen LogP) is 4.13. The maximum atomic E-state index is 13.1. The van der Waals surface area contributed by atoms with E-state index in [0.29, 0.717) is 16.6 Å². The number of amides is 1. The van der Waals surface area contributed by atoms with Gasteiger partial charge in [0.2, 0.25) is 5.91 Å². The van der Waals surface area contributed by atoms with E-state index < -0.39 is 28.7 Å². The van der Waals surface area contributed by atoms with Crippen molar-refractivity contribution < 1.29 is 18.0 Å². The van der Waals surface area contributed by atoms with Crippen LogP contribution in [0.2, 0.25) is 0 Å². The molecule has 7 nitrogen and oxygen atoms in total. The average Bonchev–Trinajstić information content (AvgIpc) is 3.09. The van der Waals surface area contributed by atoms with Gasteiger partial charge < -0.3 is 5.32 Å². The Morgan fingerprint density at radius 2 is 1.74 bits per heavy atom. The fourth-order valence-corrected chi connectivity index (χ4v) is 3.21. The number of hydrogen-bond acceptors (Lipinski definition) is 4. The van der Waals surface area contributed by atoms with Crippen molar-refractivity contribution in [3.05, 3.63) is 52.1 Å². The number of nitrogens with one attached hydrogen (secondary N) is 1. The van der Waals surface area contributed by atoms with Crippen LogP contribution in [0, 0.1) is 0 Å². The SMILES string of the molecule is CC(C)c1nn(CC(=O)Nc2ccc(C(F)(F)F)cc2)c(=O)c2c1cnn2C(C)(C)C. The van der Waals surface area contributed by atoms with E-state index in [4.69, 9.17) is 0 Å². The number of anilines is 1. The third kappa shape index (κ3) is 4.62. The van der Waals surface area contributed by atoms with Crippen molar-refractivity contribution in [2.75, 3.05) is 5.32 Å². The monoisotopic (exact) mass is 435 g/mol. The van der Waals surface area contributed by atoms with Crippen molar-refractivity contribution in [2.24, 2.45) is 0 Å². The van der Waals surface area contributed by atoms with Crippen molar-refractivity contribution in [3.8, 4) is 0 Å². The number of halogens is 3. The second kappa shape index (κ2) is 7.82. The number of carbonyl (C=O) groups excluding carboxylic acids is 1. The molecule has 0 saturated carbocycles. The highest BCUT2D eigenvalue weighted by Gasteiger charge is 2.30. The Kier molecular flexibility index (Phi) is 5.68. The minimum Gasteiger partial charge on any atom is -0.324 e. The molecule has 0 unspecified atom stereocenters. The Hall–Kier alpha value is -3.17. The molecule has 31 heavy (non-hydrogen) atoms. The molecule has 166 valence electrons. The number of nitrogens with zero attached hydrogens (tertiary/aromatic N) is 4. The van der Waals surface area contributed by atoms with E-state index in [1.165, 1.54) is 0 Å². The summed E-state index contributed by atoms with van der Waals surface area (Å²) in [5, 5.41) is 11.9. The van der Waals surface area contributed by atoms with Gasteiger partial charge in [0, 0.05) is 11.1 Å². The van der Waals surface area contributed by atoms with Crippen molar-refractivity contribution >= 4 is 22.5 Å². The molecule has 0 saturated heterocycles. The van der Waals surface area contributed by atoms with E-state index in [1.54, 1.807) is 10.9 Å². The van der Waals surface area contributed by atoms with Crippen LogP contribution in [0.4, 0.5) is 18.9 Å². The van der Waals surface area contributed by atoms with Crippen LogP contribution in [-0.2, 0) is 23.1 Å². The van der Waals surface area contributed by atoms with E-state index in [1.807, 2.05) is 34.6 Å². The molecule has 0 radical (unpaired) electrons.